The Morgan fingerprint density at radius 2 is 1.74 bits per heavy atom. The average molecular weight is 260 g/mol. The summed E-state index contributed by atoms with van der Waals surface area (Å²) in [5.41, 5.74) is 7.54. The van der Waals surface area contributed by atoms with Crippen LogP contribution in [0.4, 0.5) is 5.69 Å². The largest absolute Gasteiger partial charge is 0.371 e. The van der Waals surface area contributed by atoms with Crippen LogP contribution in [0.2, 0.25) is 0 Å². The summed E-state index contributed by atoms with van der Waals surface area (Å²) >= 11 is 0. The fraction of sp³-hybridized carbons (Fsp3) is 0.562. The number of hydrogen-bond donors (Lipinski definition) is 1. The van der Waals surface area contributed by atoms with Crippen molar-refractivity contribution in [3.63, 3.8) is 0 Å². The van der Waals surface area contributed by atoms with Crippen LogP contribution < -0.4 is 10.6 Å². The molecule has 0 bridgehead atoms. The molecule has 2 rings (SSSR count). The van der Waals surface area contributed by atoms with E-state index in [0.29, 0.717) is 5.56 Å². The van der Waals surface area contributed by atoms with Gasteiger partial charge in [0.05, 0.1) is 6.04 Å². The molecule has 2 N–H and O–H groups in total. The second kappa shape index (κ2) is 5.74. The number of hydrogen-bond acceptors (Lipinski definition) is 3. The summed E-state index contributed by atoms with van der Waals surface area (Å²) in [7, 11) is 0. The number of carbonyl (C=O) groups is 1. The zero-order chi connectivity index (χ0) is 14.0. The molecule has 104 valence electrons. The van der Waals surface area contributed by atoms with E-state index in [-0.39, 0.29) is 5.78 Å². The number of piperidine rings is 1. The predicted molar refractivity (Wildman–Crippen MR) is 79.6 cm³/mol. The lowest BCUT2D eigenvalue weighted by Gasteiger charge is -2.36. The van der Waals surface area contributed by atoms with Crippen LogP contribution in [0, 0.1) is 11.8 Å². The van der Waals surface area contributed by atoms with E-state index in [4.69, 9.17) is 5.73 Å². The fourth-order valence-electron chi connectivity index (χ4n) is 2.97. The van der Waals surface area contributed by atoms with E-state index in [1.54, 1.807) is 6.92 Å². The number of nitrogens with two attached hydrogens (primary N) is 1. The minimum atomic E-state index is -0.430. The van der Waals surface area contributed by atoms with Gasteiger partial charge in [0.1, 0.15) is 0 Å². The highest BCUT2D eigenvalue weighted by atomic mass is 16.1. The molecule has 0 aromatic heterocycles. The highest BCUT2D eigenvalue weighted by Gasteiger charge is 2.22. The molecule has 3 unspecified atom stereocenters. The number of rotatable bonds is 3. The monoisotopic (exact) mass is 260 g/mol. The first kappa shape index (κ1) is 14.1. The van der Waals surface area contributed by atoms with Gasteiger partial charge in [0.2, 0.25) is 0 Å². The van der Waals surface area contributed by atoms with Crippen molar-refractivity contribution < 1.29 is 4.79 Å². The third-order valence-corrected chi connectivity index (χ3v) is 3.80. The SMILES string of the molecule is CC1CC(C)CN(c2ccc(C(=O)C(C)N)cc2)C1. The van der Waals surface area contributed by atoms with Gasteiger partial charge in [-0.05, 0) is 49.4 Å². The predicted octanol–water partition coefficient (Wildman–Crippen LogP) is 2.70. The second-order valence-electron chi connectivity index (χ2n) is 6.05. The van der Waals surface area contributed by atoms with Gasteiger partial charge in [-0.3, -0.25) is 4.79 Å². The molecular weight excluding hydrogens is 236 g/mol. The molecule has 0 amide bonds. The molecule has 1 fully saturated rings. The van der Waals surface area contributed by atoms with Crippen molar-refractivity contribution in [2.45, 2.75) is 33.2 Å². The molecular formula is C16H24N2O. The molecule has 0 radical (unpaired) electrons. The van der Waals surface area contributed by atoms with Crippen molar-refractivity contribution in [3.8, 4) is 0 Å². The highest BCUT2D eigenvalue weighted by Crippen LogP contribution is 2.26. The maximum atomic E-state index is 11.8. The van der Waals surface area contributed by atoms with E-state index in [9.17, 15) is 4.79 Å². The second-order valence-corrected chi connectivity index (χ2v) is 6.05. The van der Waals surface area contributed by atoms with E-state index >= 15 is 0 Å². The van der Waals surface area contributed by atoms with Crippen LogP contribution in [0.15, 0.2) is 24.3 Å². The van der Waals surface area contributed by atoms with E-state index in [0.717, 1.165) is 24.9 Å². The van der Waals surface area contributed by atoms with Crippen LogP contribution in [-0.4, -0.2) is 24.9 Å². The summed E-state index contributed by atoms with van der Waals surface area (Å²) < 4.78 is 0. The number of Topliss-reactive ketones (excluding diaryl/α,β-unsaturated/α-hetero) is 1. The first-order valence-corrected chi connectivity index (χ1v) is 7.12. The van der Waals surface area contributed by atoms with Crippen molar-refractivity contribution in [3.05, 3.63) is 29.8 Å². The minimum Gasteiger partial charge on any atom is -0.371 e. The number of benzene rings is 1. The Kier molecular flexibility index (Phi) is 4.25. The topological polar surface area (TPSA) is 46.3 Å². The Morgan fingerprint density at radius 1 is 1.21 bits per heavy atom. The van der Waals surface area contributed by atoms with Crippen LogP contribution in [0.5, 0.6) is 0 Å². The Bertz CT molecular complexity index is 429. The molecule has 1 aromatic rings. The molecule has 1 aromatic carbocycles. The van der Waals surface area contributed by atoms with Gasteiger partial charge in [-0.25, -0.2) is 0 Å². The lowest BCUT2D eigenvalue weighted by Crippen LogP contribution is -2.38. The Balaban J connectivity index is 2.12. The van der Waals surface area contributed by atoms with Gasteiger partial charge in [-0.15, -0.1) is 0 Å². The molecule has 3 heteroatoms. The molecule has 1 heterocycles. The Labute approximate surface area is 115 Å². The van der Waals surface area contributed by atoms with Gasteiger partial charge in [0, 0.05) is 24.3 Å². The lowest BCUT2D eigenvalue weighted by molar-refractivity contribution is 0.0968. The van der Waals surface area contributed by atoms with Crippen molar-refractivity contribution in [2.75, 3.05) is 18.0 Å². The maximum absolute atomic E-state index is 11.8. The van der Waals surface area contributed by atoms with Crippen LogP contribution in [0.25, 0.3) is 0 Å². The number of nitrogens with zero attached hydrogens (tertiary/aromatic N) is 1. The van der Waals surface area contributed by atoms with Crippen LogP contribution in [-0.2, 0) is 0 Å². The molecule has 0 spiro atoms. The maximum Gasteiger partial charge on any atom is 0.179 e. The first-order valence-electron chi connectivity index (χ1n) is 7.12. The highest BCUT2D eigenvalue weighted by molar-refractivity contribution is 5.99. The summed E-state index contributed by atoms with van der Waals surface area (Å²) in [5, 5.41) is 0. The normalized spacial score (nSPS) is 25.2. The smallest absolute Gasteiger partial charge is 0.179 e. The lowest BCUT2D eigenvalue weighted by atomic mass is 9.91. The number of anilines is 1. The van der Waals surface area contributed by atoms with Crippen molar-refractivity contribution in [1.82, 2.24) is 0 Å². The fourth-order valence-corrected chi connectivity index (χ4v) is 2.97. The molecule has 19 heavy (non-hydrogen) atoms. The third-order valence-electron chi connectivity index (χ3n) is 3.80. The molecule has 0 aliphatic carbocycles. The van der Waals surface area contributed by atoms with E-state index < -0.39 is 6.04 Å². The van der Waals surface area contributed by atoms with Gasteiger partial charge in [0.25, 0.3) is 0 Å². The zero-order valence-electron chi connectivity index (χ0n) is 12.1. The molecule has 3 nitrogen and oxygen atoms in total. The summed E-state index contributed by atoms with van der Waals surface area (Å²) in [6, 6.07) is 7.44. The van der Waals surface area contributed by atoms with Crippen molar-refractivity contribution in [1.29, 1.82) is 0 Å². The standard InChI is InChI=1S/C16H24N2O/c1-11-8-12(2)10-18(9-11)15-6-4-14(5-7-15)16(19)13(3)17/h4-7,11-13H,8-10,17H2,1-3H3. The van der Waals surface area contributed by atoms with Crippen LogP contribution in [0.3, 0.4) is 0 Å². The van der Waals surface area contributed by atoms with Gasteiger partial charge in [-0.2, -0.15) is 0 Å². The summed E-state index contributed by atoms with van der Waals surface area (Å²) in [6.45, 7) is 8.54. The first-order chi connectivity index (χ1) is 8.97. The van der Waals surface area contributed by atoms with Crippen molar-refractivity contribution >= 4 is 11.5 Å². The quantitative estimate of drug-likeness (QED) is 0.850. The third kappa shape index (κ3) is 3.35. The van der Waals surface area contributed by atoms with Gasteiger partial charge in [0.15, 0.2) is 5.78 Å². The number of carbonyl (C=O) groups excluding carboxylic acids is 1. The van der Waals surface area contributed by atoms with E-state index in [1.807, 2.05) is 24.3 Å². The van der Waals surface area contributed by atoms with Crippen LogP contribution in [0.1, 0.15) is 37.6 Å². The van der Waals surface area contributed by atoms with Crippen LogP contribution >= 0.6 is 0 Å². The molecule has 3 atom stereocenters. The van der Waals surface area contributed by atoms with Gasteiger partial charge >= 0.3 is 0 Å². The molecule has 1 aliphatic rings. The zero-order valence-corrected chi connectivity index (χ0v) is 12.1. The van der Waals surface area contributed by atoms with Gasteiger partial charge < -0.3 is 10.6 Å². The Morgan fingerprint density at radius 3 is 2.21 bits per heavy atom. The molecule has 1 aliphatic heterocycles. The minimum absolute atomic E-state index is 0.00642. The summed E-state index contributed by atoms with van der Waals surface area (Å²) in [6.07, 6.45) is 1.30. The Hall–Kier alpha value is -1.35. The summed E-state index contributed by atoms with van der Waals surface area (Å²) in [4.78, 5) is 14.2. The number of ketones is 1. The summed E-state index contributed by atoms with van der Waals surface area (Å²) in [5.74, 6) is 1.47. The van der Waals surface area contributed by atoms with E-state index in [1.165, 1.54) is 12.1 Å². The van der Waals surface area contributed by atoms with Gasteiger partial charge in [-0.1, -0.05) is 13.8 Å². The molecule has 1 saturated heterocycles. The van der Waals surface area contributed by atoms with E-state index in [2.05, 4.69) is 18.7 Å². The van der Waals surface area contributed by atoms with Crippen molar-refractivity contribution in [2.24, 2.45) is 17.6 Å². The average Bonchev–Trinajstić information content (AvgIpc) is 2.37. The molecule has 0 saturated carbocycles.